The van der Waals surface area contributed by atoms with E-state index < -0.39 is 6.10 Å². The molecule has 5 nitrogen and oxygen atoms in total. The van der Waals surface area contributed by atoms with Gasteiger partial charge >= 0.3 is 0 Å². The Balaban J connectivity index is 1.55. The van der Waals surface area contributed by atoms with Gasteiger partial charge in [0.1, 0.15) is 0 Å². The molecule has 0 aromatic carbocycles. The zero-order valence-electron chi connectivity index (χ0n) is 12.6. The lowest BCUT2D eigenvalue weighted by molar-refractivity contribution is -0.127. The van der Waals surface area contributed by atoms with Crippen LogP contribution in [0.1, 0.15) is 25.7 Å². The highest BCUT2D eigenvalue weighted by Gasteiger charge is 2.25. The van der Waals surface area contributed by atoms with Gasteiger partial charge in [-0.15, -0.1) is 6.42 Å². The molecule has 0 aromatic heterocycles. The van der Waals surface area contributed by atoms with Gasteiger partial charge < -0.3 is 15.2 Å². The predicted molar refractivity (Wildman–Crippen MR) is 80.6 cm³/mol. The molecule has 2 fully saturated rings. The summed E-state index contributed by atoms with van der Waals surface area (Å²) in [6.45, 7) is 3.71. The fourth-order valence-electron chi connectivity index (χ4n) is 2.56. The largest absolute Gasteiger partial charge is 0.389 e. The normalized spacial score (nSPS) is 21.7. The highest BCUT2D eigenvalue weighted by molar-refractivity contribution is 5.78. The lowest BCUT2D eigenvalue weighted by Gasteiger charge is -2.30. The molecular weight excluding hydrogens is 268 g/mol. The van der Waals surface area contributed by atoms with Crippen LogP contribution in [0.3, 0.4) is 0 Å². The molecule has 1 heterocycles. The average Bonchev–Trinajstić information content (AvgIpc) is 3.30. The molecule has 0 bridgehead atoms. The SMILES string of the molecule is C#CCN1CCC(C(=O)NCC(O)COCC2CC2)CC1. The third-order valence-electron chi connectivity index (χ3n) is 4.15. The lowest BCUT2D eigenvalue weighted by Crippen LogP contribution is -2.43. The van der Waals surface area contributed by atoms with Crippen LogP contribution in [0, 0.1) is 24.2 Å². The fraction of sp³-hybridized carbons (Fsp3) is 0.812. The molecule has 2 N–H and O–H groups in total. The van der Waals surface area contributed by atoms with Crippen molar-refractivity contribution in [2.45, 2.75) is 31.8 Å². The Kier molecular flexibility index (Phi) is 6.50. The number of aliphatic hydroxyl groups is 1. The van der Waals surface area contributed by atoms with E-state index in [1.165, 1.54) is 12.8 Å². The summed E-state index contributed by atoms with van der Waals surface area (Å²) in [5, 5.41) is 12.6. The first-order chi connectivity index (χ1) is 10.2. The number of carbonyl (C=O) groups is 1. The van der Waals surface area contributed by atoms with E-state index in [0.717, 1.165) is 32.5 Å². The number of rotatable bonds is 8. The number of ether oxygens (including phenoxy) is 1. The van der Waals surface area contributed by atoms with Crippen LogP contribution >= 0.6 is 0 Å². The van der Waals surface area contributed by atoms with Crippen molar-refractivity contribution in [2.75, 3.05) is 39.4 Å². The number of hydrogen-bond acceptors (Lipinski definition) is 4. The first-order valence-corrected chi connectivity index (χ1v) is 7.88. The summed E-state index contributed by atoms with van der Waals surface area (Å²) in [4.78, 5) is 14.2. The van der Waals surface area contributed by atoms with Gasteiger partial charge in [0.15, 0.2) is 0 Å². The Hall–Kier alpha value is -1.09. The molecule has 118 valence electrons. The van der Waals surface area contributed by atoms with Crippen molar-refractivity contribution in [1.82, 2.24) is 10.2 Å². The predicted octanol–water partition coefficient (Wildman–Crippen LogP) is 0.235. The second-order valence-corrected chi connectivity index (χ2v) is 6.13. The first-order valence-electron chi connectivity index (χ1n) is 7.88. The van der Waals surface area contributed by atoms with Crippen LogP contribution in [0.4, 0.5) is 0 Å². The molecule has 1 atom stereocenters. The van der Waals surface area contributed by atoms with Gasteiger partial charge in [-0.1, -0.05) is 5.92 Å². The zero-order valence-corrected chi connectivity index (χ0v) is 12.6. The van der Waals surface area contributed by atoms with Crippen molar-refractivity contribution in [2.24, 2.45) is 11.8 Å². The molecular formula is C16H26N2O3. The Bertz CT molecular complexity index is 368. The van der Waals surface area contributed by atoms with Crippen LogP contribution < -0.4 is 5.32 Å². The third-order valence-corrected chi connectivity index (χ3v) is 4.15. The molecule has 1 amide bonds. The molecule has 0 radical (unpaired) electrons. The van der Waals surface area contributed by atoms with Crippen LogP contribution in [-0.4, -0.2) is 61.4 Å². The van der Waals surface area contributed by atoms with Crippen molar-refractivity contribution >= 4 is 5.91 Å². The molecule has 1 unspecified atom stereocenters. The smallest absolute Gasteiger partial charge is 0.223 e. The molecule has 1 saturated carbocycles. The molecule has 1 saturated heterocycles. The van der Waals surface area contributed by atoms with E-state index in [2.05, 4.69) is 16.1 Å². The number of aliphatic hydroxyl groups excluding tert-OH is 1. The molecule has 5 heteroatoms. The number of hydrogen-bond donors (Lipinski definition) is 2. The monoisotopic (exact) mass is 294 g/mol. The van der Waals surface area contributed by atoms with Crippen molar-refractivity contribution in [3.05, 3.63) is 0 Å². The Morgan fingerprint density at radius 2 is 2.10 bits per heavy atom. The minimum absolute atomic E-state index is 0.0385. The van der Waals surface area contributed by atoms with Crippen molar-refractivity contribution in [1.29, 1.82) is 0 Å². The van der Waals surface area contributed by atoms with Crippen LogP contribution in [0.15, 0.2) is 0 Å². The fourth-order valence-corrected chi connectivity index (χ4v) is 2.56. The van der Waals surface area contributed by atoms with Crippen molar-refractivity contribution < 1.29 is 14.6 Å². The van der Waals surface area contributed by atoms with Gasteiger partial charge in [-0.25, -0.2) is 0 Å². The van der Waals surface area contributed by atoms with Crippen molar-refractivity contribution in [3.63, 3.8) is 0 Å². The number of carbonyl (C=O) groups excluding carboxylic acids is 1. The quantitative estimate of drug-likeness (QED) is 0.629. The first kappa shape index (κ1) is 16.3. The van der Waals surface area contributed by atoms with Gasteiger partial charge in [-0.3, -0.25) is 9.69 Å². The zero-order chi connectivity index (χ0) is 15.1. The van der Waals surface area contributed by atoms with E-state index in [1.807, 2.05) is 0 Å². The van der Waals surface area contributed by atoms with Gasteiger partial charge in [0, 0.05) is 19.1 Å². The maximum Gasteiger partial charge on any atom is 0.223 e. The number of amides is 1. The number of piperidine rings is 1. The lowest BCUT2D eigenvalue weighted by atomic mass is 9.96. The van der Waals surface area contributed by atoms with Gasteiger partial charge in [0.05, 0.1) is 19.3 Å². The van der Waals surface area contributed by atoms with Crippen LogP contribution in [-0.2, 0) is 9.53 Å². The van der Waals surface area contributed by atoms with Crippen molar-refractivity contribution in [3.8, 4) is 12.3 Å². The molecule has 0 aromatic rings. The molecule has 21 heavy (non-hydrogen) atoms. The van der Waals surface area contributed by atoms with E-state index >= 15 is 0 Å². The maximum absolute atomic E-state index is 12.0. The molecule has 1 aliphatic heterocycles. The average molecular weight is 294 g/mol. The van der Waals surface area contributed by atoms with Gasteiger partial charge in [0.25, 0.3) is 0 Å². The summed E-state index contributed by atoms with van der Waals surface area (Å²) < 4.78 is 5.41. The number of nitrogens with zero attached hydrogens (tertiary/aromatic N) is 1. The minimum Gasteiger partial charge on any atom is -0.389 e. The second kappa shape index (κ2) is 8.38. The molecule has 1 aliphatic carbocycles. The number of terminal acetylenes is 1. The molecule has 2 aliphatic rings. The molecule has 0 spiro atoms. The standard InChI is InChI=1S/C16H26N2O3/c1-2-7-18-8-5-14(6-9-18)16(20)17-10-15(19)12-21-11-13-3-4-13/h1,13-15,19H,3-12H2,(H,17,20). The number of nitrogens with one attached hydrogen (secondary N) is 1. The van der Waals surface area contributed by atoms with E-state index in [1.54, 1.807) is 0 Å². The van der Waals surface area contributed by atoms with Crippen LogP contribution in [0.5, 0.6) is 0 Å². The summed E-state index contributed by atoms with van der Waals surface area (Å²) in [5.41, 5.74) is 0. The Morgan fingerprint density at radius 3 is 2.71 bits per heavy atom. The molecule has 2 rings (SSSR count). The summed E-state index contributed by atoms with van der Waals surface area (Å²) in [7, 11) is 0. The minimum atomic E-state index is -0.616. The van der Waals surface area contributed by atoms with Crippen LogP contribution in [0.25, 0.3) is 0 Å². The number of likely N-dealkylation sites (tertiary alicyclic amines) is 1. The van der Waals surface area contributed by atoms with E-state index in [0.29, 0.717) is 19.1 Å². The van der Waals surface area contributed by atoms with Crippen LogP contribution in [0.2, 0.25) is 0 Å². The second-order valence-electron chi connectivity index (χ2n) is 6.13. The Labute approximate surface area is 127 Å². The topological polar surface area (TPSA) is 61.8 Å². The maximum atomic E-state index is 12.0. The summed E-state index contributed by atoms with van der Waals surface area (Å²) in [6.07, 6.45) is 8.82. The summed E-state index contributed by atoms with van der Waals surface area (Å²) >= 11 is 0. The van der Waals surface area contributed by atoms with Gasteiger partial charge in [0.2, 0.25) is 5.91 Å². The van der Waals surface area contributed by atoms with E-state index in [-0.39, 0.29) is 18.4 Å². The highest BCUT2D eigenvalue weighted by Crippen LogP contribution is 2.28. The van der Waals surface area contributed by atoms with Gasteiger partial charge in [-0.2, -0.15) is 0 Å². The third kappa shape index (κ3) is 6.04. The van der Waals surface area contributed by atoms with E-state index in [4.69, 9.17) is 11.2 Å². The summed E-state index contributed by atoms with van der Waals surface area (Å²) in [6, 6.07) is 0. The van der Waals surface area contributed by atoms with E-state index in [9.17, 15) is 9.90 Å². The summed E-state index contributed by atoms with van der Waals surface area (Å²) in [5.74, 6) is 3.41. The Morgan fingerprint density at radius 1 is 1.38 bits per heavy atom. The highest BCUT2D eigenvalue weighted by atomic mass is 16.5. The van der Waals surface area contributed by atoms with Gasteiger partial charge in [-0.05, 0) is 44.7 Å².